The summed E-state index contributed by atoms with van der Waals surface area (Å²) in [6.45, 7) is 6.74. The zero-order valence-electron chi connectivity index (χ0n) is 11.8. The van der Waals surface area contributed by atoms with Crippen LogP contribution in [-0.2, 0) is 4.79 Å². The number of hydrogen-bond acceptors (Lipinski definition) is 3. The second-order valence-electron chi connectivity index (χ2n) is 5.83. The fourth-order valence-electron chi connectivity index (χ4n) is 2.57. The van der Waals surface area contributed by atoms with Crippen LogP contribution in [0.4, 0.5) is 0 Å². The van der Waals surface area contributed by atoms with Gasteiger partial charge in [0.2, 0.25) is 5.91 Å². The van der Waals surface area contributed by atoms with Crippen molar-refractivity contribution in [1.29, 1.82) is 0 Å². The molecule has 1 heterocycles. The van der Waals surface area contributed by atoms with Gasteiger partial charge in [-0.05, 0) is 51.6 Å². The number of piperidine rings is 1. The maximum Gasteiger partial charge on any atom is 0.236 e. The highest BCUT2D eigenvalue weighted by atomic mass is 16.2. The average molecular weight is 253 g/mol. The van der Waals surface area contributed by atoms with Crippen LogP contribution in [0, 0.1) is 5.92 Å². The van der Waals surface area contributed by atoms with Gasteiger partial charge in [0.15, 0.2) is 0 Å². The number of hydrogen-bond donors (Lipinski definition) is 1. The minimum atomic E-state index is 0.258. The van der Waals surface area contributed by atoms with Crippen molar-refractivity contribution in [3.8, 4) is 0 Å². The van der Waals surface area contributed by atoms with E-state index in [-0.39, 0.29) is 5.91 Å². The van der Waals surface area contributed by atoms with E-state index in [0.717, 1.165) is 38.1 Å². The first-order valence-corrected chi connectivity index (χ1v) is 7.38. The Hall–Kier alpha value is -0.610. The summed E-state index contributed by atoms with van der Waals surface area (Å²) < 4.78 is 0. The summed E-state index contributed by atoms with van der Waals surface area (Å²) in [5.41, 5.74) is 0. The van der Waals surface area contributed by atoms with E-state index < -0.39 is 0 Å². The Morgan fingerprint density at radius 1 is 1.39 bits per heavy atom. The molecule has 104 valence electrons. The van der Waals surface area contributed by atoms with Gasteiger partial charge in [0.25, 0.3) is 0 Å². The summed E-state index contributed by atoms with van der Waals surface area (Å²) in [6.07, 6.45) is 5.26. The standard InChI is InChI=1S/C14H27N3O/c1-3-16(2)14(18)11-17-8-4-5-12(10-17)9-15-13-6-7-13/h12-13,15H,3-11H2,1-2H3. The molecule has 1 unspecified atom stereocenters. The van der Waals surface area contributed by atoms with E-state index in [0.29, 0.717) is 6.54 Å². The molecule has 1 N–H and O–H groups in total. The lowest BCUT2D eigenvalue weighted by Gasteiger charge is -2.33. The zero-order valence-corrected chi connectivity index (χ0v) is 11.8. The summed E-state index contributed by atoms with van der Waals surface area (Å²) in [4.78, 5) is 16.0. The van der Waals surface area contributed by atoms with Crippen LogP contribution in [0.5, 0.6) is 0 Å². The molecule has 1 saturated heterocycles. The molecule has 4 heteroatoms. The van der Waals surface area contributed by atoms with Crippen LogP contribution in [0.1, 0.15) is 32.6 Å². The Bertz CT molecular complexity index is 278. The lowest BCUT2D eigenvalue weighted by atomic mass is 9.98. The van der Waals surface area contributed by atoms with Gasteiger partial charge in [-0.25, -0.2) is 0 Å². The first kappa shape index (κ1) is 13.8. The molecule has 0 aromatic rings. The molecule has 2 rings (SSSR count). The van der Waals surface area contributed by atoms with Gasteiger partial charge in [0.1, 0.15) is 0 Å². The Labute approximate surface area is 111 Å². The average Bonchev–Trinajstić information content (AvgIpc) is 3.20. The molecule has 1 saturated carbocycles. The molecule has 1 aliphatic heterocycles. The minimum absolute atomic E-state index is 0.258. The lowest BCUT2D eigenvalue weighted by Crippen LogP contribution is -2.45. The molecule has 0 radical (unpaired) electrons. The van der Waals surface area contributed by atoms with Crippen LogP contribution < -0.4 is 5.32 Å². The van der Waals surface area contributed by atoms with Gasteiger partial charge in [-0.15, -0.1) is 0 Å². The van der Waals surface area contributed by atoms with E-state index in [1.165, 1.54) is 25.7 Å². The van der Waals surface area contributed by atoms with Crippen LogP contribution in [0.15, 0.2) is 0 Å². The first-order chi connectivity index (χ1) is 8.69. The van der Waals surface area contributed by atoms with Crippen LogP contribution in [0.25, 0.3) is 0 Å². The van der Waals surface area contributed by atoms with Gasteiger partial charge in [-0.3, -0.25) is 9.69 Å². The normalized spacial score (nSPS) is 25.1. The third kappa shape index (κ3) is 4.25. The van der Waals surface area contributed by atoms with E-state index in [2.05, 4.69) is 10.2 Å². The molecule has 0 aromatic heterocycles. The Morgan fingerprint density at radius 2 is 2.17 bits per heavy atom. The Morgan fingerprint density at radius 3 is 2.83 bits per heavy atom. The molecule has 1 aliphatic carbocycles. The predicted molar refractivity (Wildman–Crippen MR) is 73.5 cm³/mol. The fourth-order valence-corrected chi connectivity index (χ4v) is 2.57. The molecule has 18 heavy (non-hydrogen) atoms. The lowest BCUT2D eigenvalue weighted by molar-refractivity contribution is -0.131. The summed E-state index contributed by atoms with van der Waals surface area (Å²) >= 11 is 0. The summed E-state index contributed by atoms with van der Waals surface area (Å²) in [5.74, 6) is 0.993. The topological polar surface area (TPSA) is 35.6 Å². The van der Waals surface area contributed by atoms with Crippen molar-refractivity contribution in [3.63, 3.8) is 0 Å². The van der Waals surface area contributed by atoms with Crippen LogP contribution in [0.3, 0.4) is 0 Å². The highest BCUT2D eigenvalue weighted by Gasteiger charge is 2.25. The number of likely N-dealkylation sites (tertiary alicyclic amines) is 1. The molecular weight excluding hydrogens is 226 g/mol. The third-order valence-electron chi connectivity index (χ3n) is 4.13. The van der Waals surface area contributed by atoms with Gasteiger partial charge in [0, 0.05) is 26.2 Å². The van der Waals surface area contributed by atoms with Crippen LogP contribution >= 0.6 is 0 Å². The quantitative estimate of drug-likeness (QED) is 0.765. The van der Waals surface area contributed by atoms with E-state index in [9.17, 15) is 4.79 Å². The molecular formula is C14H27N3O. The van der Waals surface area contributed by atoms with Crippen molar-refractivity contribution < 1.29 is 4.79 Å². The second kappa shape index (κ2) is 6.53. The molecule has 0 spiro atoms. The van der Waals surface area contributed by atoms with E-state index >= 15 is 0 Å². The highest BCUT2D eigenvalue weighted by Crippen LogP contribution is 2.21. The van der Waals surface area contributed by atoms with Gasteiger partial charge < -0.3 is 10.2 Å². The predicted octanol–water partition coefficient (Wildman–Crippen LogP) is 0.929. The number of carbonyl (C=O) groups is 1. The maximum atomic E-state index is 11.9. The van der Waals surface area contributed by atoms with Crippen LogP contribution in [-0.4, -0.2) is 61.5 Å². The number of nitrogens with one attached hydrogen (secondary N) is 1. The molecule has 0 aromatic carbocycles. The monoisotopic (exact) mass is 253 g/mol. The van der Waals surface area contributed by atoms with Crippen molar-refractivity contribution in [1.82, 2.24) is 15.1 Å². The van der Waals surface area contributed by atoms with Crippen molar-refractivity contribution in [2.45, 2.75) is 38.6 Å². The number of carbonyl (C=O) groups excluding carboxylic acids is 1. The SMILES string of the molecule is CCN(C)C(=O)CN1CCCC(CNC2CC2)C1. The minimum Gasteiger partial charge on any atom is -0.345 e. The number of likely N-dealkylation sites (N-methyl/N-ethyl adjacent to an activating group) is 1. The van der Waals surface area contributed by atoms with Gasteiger partial charge in [0.05, 0.1) is 6.54 Å². The number of rotatable bonds is 6. The van der Waals surface area contributed by atoms with Crippen molar-refractivity contribution in [3.05, 3.63) is 0 Å². The molecule has 2 aliphatic rings. The van der Waals surface area contributed by atoms with Crippen molar-refractivity contribution >= 4 is 5.91 Å². The van der Waals surface area contributed by atoms with Gasteiger partial charge in [-0.2, -0.15) is 0 Å². The summed E-state index contributed by atoms with van der Waals surface area (Å²) in [7, 11) is 1.89. The van der Waals surface area contributed by atoms with Crippen LogP contribution in [0.2, 0.25) is 0 Å². The Balaban J connectivity index is 1.69. The largest absolute Gasteiger partial charge is 0.345 e. The van der Waals surface area contributed by atoms with Gasteiger partial charge in [-0.1, -0.05) is 0 Å². The first-order valence-electron chi connectivity index (χ1n) is 7.38. The highest BCUT2D eigenvalue weighted by molar-refractivity contribution is 5.77. The molecule has 0 bridgehead atoms. The zero-order chi connectivity index (χ0) is 13.0. The van der Waals surface area contributed by atoms with Crippen molar-refractivity contribution in [2.75, 3.05) is 39.8 Å². The summed E-state index contributed by atoms with van der Waals surface area (Å²) in [5, 5.41) is 3.61. The van der Waals surface area contributed by atoms with E-state index in [4.69, 9.17) is 0 Å². The fraction of sp³-hybridized carbons (Fsp3) is 0.929. The summed E-state index contributed by atoms with van der Waals surface area (Å²) in [6, 6.07) is 0.799. The van der Waals surface area contributed by atoms with E-state index in [1.54, 1.807) is 0 Å². The maximum absolute atomic E-state index is 11.9. The smallest absolute Gasteiger partial charge is 0.236 e. The molecule has 1 amide bonds. The number of amides is 1. The number of nitrogens with zero attached hydrogens (tertiary/aromatic N) is 2. The second-order valence-corrected chi connectivity index (χ2v) is 5.83. The van der Waals surface area contributed by atoms with Gasteiger partial charge >= 0.3 is 0 Å². The Kier molecular flexibility index (Phi) is 5.01. The molecule has 4 nitrogen and oxygen atoms in total. The molecule has 1 atom stereocenters. The van der Waals surface area contributed by atoms with E-state index in [1.807, 2.05) is 18.9 Å². The molecule has 2 fully saturated rings. The third-order valence-corrected chi connectivity index (χ3v) is 4.13. The van der Waals surface area contributed by atoms with Crippen molar-refractivity contribution in [2.24, 2.45) is 5.92 Å².